The third-order valence-corrected chi connectivity index (χ3v) is 6.45. The largest absolute Gasteiger partial charge is 0.378 e. The zero-order chi connectivity index (χ0) is 20.4. The molecule has 6 heteroatoms. The minimum Gasteiger partial charge on any atom is -0.378 e. The van der Waals surface area contributed by atoms with E-state index < -0.39 is 17.8 Å². The lowest BCUT2D eigenvalue weighted by molar-refractivity contribution is -0.141. The quantitative estimate of drug-likeness (QED) is 0.726. The van der Waals surface area contributed by atoms with Crippen molar-refractivity contribution in [2.75, 3.05) is 31.2 Å². The lowest BCUT2D eigenvalue weighted by Gasteiger charge is -2.35. The summed E-state index contributed by atoms with van der Waals surface area (Å²) < 4.78 is 5.40. The lowest BCUT2D eigenvalue weighted by Crippen LogP contribution is -2.43. The van der Waals surface area contributed by atoms with E-state index in [0.717, 1.165) is 24.3 Å². The summed E-state index contributed by atoms with van der Waals surface area (Å²) in [5.74, 6) is -2.95. The van der Waals surface area contributed by atoms with Gasteiger partial charge in [-0.3, -0.25) is 19.2 Å². The molecule has 1 heterocycles. The van der Waals surface area contributed by atoms with Crippen LogP contribution in [0.3, 0.4) is 0 Å². The van der Waals surface area contributed by atoms with Crippen molar-refractivity contribution in [3.05, 3.63) is 29.8 Å². The Balaban J connectivity index is 1.69. The van der Waals surface area contributed by atoms with Gasteiger partial charge < -0.3 is 9.64 Å². The SMILES string of the molecule is O=C1CCCC(=O)C1C(c1ccc(N2CCOCC2)cc1)C1C(=O)CCCC1=O. The molecule has 3 fully saturated rings. The minimum atomic E-state index is -0.881. The van der Waals surface area contributed by atoms with Gasteiger partial charge in [-0.1, -0.05) is 12.1 Å². The Morgan fingerprint density at radius 2 is 1.17 bits per heavy atom. The first-order valence-electron chi connectivity index (χ1n) is 10.6. The highest BCUT2D eigenvalue weighted by Gasteiger charge is 2.47. The Kier molecular flexibility index (Phi) is 5.90. The average Bonchev–Trinajstić information content (AvgIpc) is 2.73. The standard InChI is InChI=1S/C23H27NO5/c25-17-3-1-4-18(26)22(17)21(23-19(27)5-2-6-20(23)28)15-7-9-16(10-8-15)24-11-13-29-14-12-24/h7-10,21-23H,1-6,11-14H2. The Hall–Kier alpha value is -2.34. The predicted molar refractivity (Wildman–Crippen MR) is 107 cm³/mol. The van der Waals surface area contributed by atoms with E-state index in [1.807, 2.05) is 24.3 Å². The van der Waals surface area contributed by atoms with E-state index in [9.17, 15) is 19.2 Å². The molecule has 0 radical (unpaired) electrons. The van der Waals surface area contributed by atoms with Gasteiger partial charge in [0.1, 0.15) is 23.1 Å². The van der Waals surface area contributed by atoms with Crippen LogP contribution in [0.15, 0.2) is 24.3 Å². The van der Waals surface area contributed by atoms with Crippen molar-refractivity contribution in [3.8, 4) is 0 Å². The Morgan fingerprint density at radius 3 is 1.62 bits per heavy atom. The second kappa shape index (κ2) is 8.57. The zero-order valence-electron chi connectivity index (χ0n) is 16.6. The van der Waals surface area contributed by atoms with Crippen LogP contribution in [0.25, 0.3) is 0 Å². The maximum absolute atomic E-state index is 12.7. The Labute approximate surface area is 170 Å². The van der Waals surface area contributed by atoms with E-state index in [1.165, 1.54) is 0 Å². The molecule has 0 N–H and O–H groups in total. The highest BCUT2D eigenvalue weighted by molar-refractivity contribution is 6.10. The number of carbonyl (C=O) groups is 4. The molecule has 2 aliphatic carbocycles. The molecule has 6 nitrogen and oxygen atoms in total. The van der Waals surface area contributed by atoms with Crippen LogP contribution >= 0.6 is 0 Å². The molecule has 0 atom stereocenters. The second-order valence-electron chi connectivity index (χ2n) is 8.24. The minimum absolute atomic E-state index is 0.130. The van der Waals surface area contributed by atoms with Crippen molar-refractivity contribution < 1.29 is 23.9 Å². The molecular formula is C23H27NO5. The van der Waals surface area contributed by atoms with Gasteiger partial charge in [-0.2, -0.15) is 0 Å². The molecule has 3 aliphatic rings. The van der Waals surface area contributed by atoms with Crippen LogP contribution in [0, 0.1) is 11.8 Å². The van der Waals surface area contributed by atoms with Gasteiger partial charge in [-0.25, -0.2) is 0 Å². The van der Waals surface area contributed by atoms with Crippen LogP contribution in [0.1, 0.15) is 50.0 Å². The highest BCUT2D eigenvalue weighted by atomic mass is 16.5. The first kappa shape index (κ1) is 20.0. The molecule has 1 saturated heterocycles. The van der Waals surface area contributed by atoms with Gasteiger partial charge in [0.15, 0.2) is 0 Å². The van der Waals surface area contributed by atoms with Gasteiger partial charge in [-0.05, 0) is 30.5 Å². The van der Waals surface area contributed by atoms with Crippen LogP contribution in [0.4, 0.5) is 5.69 Å². The number of hydrogen-bond donors (Lipinski definition) is 0. The van der Waals surface area contributed by atoms with E-state index in [0.29, 0.717) is 51.7 Å². The van der Waals surface area contributed by atoms with Gasteiger partial charge in [0.05, 0.1) is 25.0 Å². The zero-order valence-corrected chi connectivity index (χ0v) is 16.6. The topological polar surface area (TPSA) is 80.8 Å². The summed E-state index contributed by atoms with van der Waals surface area (Å²) in [6.07, 6.45) is 2.48. The van der Waals surface area contributed by atoms with E-state index in [4.69, 9.17) is 4.74 Å². The van der Waals surface area contributed by atoms with E-state index in [1.54, 1.807) is 0 Å². The molecule has 1 aromatic carbocycles. The molecule has 0 unspecified atom stereocenters. The second-order valence-corrected chi connectivity index (χ2v) is 8.24. The molecule has 1 aromatic rings. The molecule has 4 rings (SSSR count). The number of ketones is 4. The molecular weight excluding hydrogens is 370 g/mol. The summed E-state index contributed by atoms with van der Waals surface area (Å²) in [5, 5.41) is 0. The van der Waals surface area contributed by atoms with Crippen molar-refractivity contribution in [2.24, 2.45) is 11.8 Å². The molecule has 1 aliphatic heterocycles. The summed E-state index contributed by atoms with van der Waals surface area (Å²) in [7, 11) is 0. The fourth-order valence-corrected chi connectivity index (χ4v) is 4.96. The third kappa shape index (κ3) is 4.04. The van der Waals surface area contributed by atoms with Crippen molar-refractivity contribution in [3.63, 3.8) is 0 Å². The first-order chi connectivity index (χ1) is 14.1. The molecule has 0 aromatic heterocycles. The average molecular weight is 397 g/mol. The maximum Gasteiger partial charge on any atom is 0.144 e. The summed E-state index contributed by atoms with van der Waals surface area (Å²) in [6, 6.07) is 7.70. The van der Waals surface area contributed by atoms with Crippen molar-refractivity contribution in [2.45, 2.75) is 44.4 Å². The molecule has 2 saturated carbocycles. The number of hydrogen-bond acceptors (Lipinski definition) is 6. The molecule has 0 bridgehead atoms. The maximum atomic E-state index is 12.7. The smallest absolute Gasteiger partial charge is 0.144 e. The lowest BCUT2D eigenvalue weighted by atomic mass is 9.65. The summed E-state index contributed by atoms with van der Waals surface area (Å²) in [4.78, 5) is 53.1. The van der Waals surface area contributed by atoms with Crippen LogP contribution in [0.2, 0.25) is 0 Å². The van der Waals surface area contributed by atoms with Crippen LogP contribution in [0.5, 0.6) is 0 Å². The predicted octanol–water partition coefficient (Wildman–Crippen LogP) is 2.48. The fraction of sp³-hybridized carbons (Fsp3) is 0.565. The van der Waals surface area contributed by atoms with Gasteiger partial charge >= 0.3 is 0 Å². The van der Waals surface area contributed by atoms with Gasteiger partial charge in [0.2, 0.25) is 0 Å². The van der Waals surface area contributed by atoms with Crippen LogP contribution in [-0.4, -0.2) is 49.4 Å². The van der Waals surface area contributed by atoms with E-state index in [2.05, 4.69) is 4.90 Å². The number of morpholine rings is 1. The molecule has 0 amide bonds. The number of Topliss-reactive ketones (excluding diaryl/α,β-unsaturated/α-hetero) is 4. The van der Waals surface area contributed by atoms with Crippen LogP contribution < -0.4 is 4.90 Å². The van der Waals surface area contributed by atoms with Gasteiger partial charge in [-0.15, -0.1) is 0 Å². The number of carbonyl (C=O) groups excluding carboxylic acids is 4. The number of rotatable bonds is 4. The van der Waals surface area contributed by atoms with E-state index >= 15 is 0 Å². The monoisotopic (exact) mass is 397 g/mol. The van der Waals surface area contributed by atoms with E-state index in [-0.39, 0.29) is 23.1 Å². The third-order valence-electron chi connectivity index (χ3n) is 6.45. The number of anilines is 1. The number of ether oxygens (including phenoxy) is 1. The van der Waals surface area contributed by atoms with Gasteiger partial charge in [0.25, 0.3) is 0 Å². The van der Waals surface area contributed by atoms with Gasteiger partial charge in [0, 0.05) is 50.4 Å². The fourth-order valence-electron chi connectivity index (χ4n) is 4.96. The molecule has 29 heavy (non-hydrogen) atoms. The normalized spacial score (nSPS) is 22.6. The Morgan fingerprint density at radius 1 is 0.724 bits per heavy atom. The molecule has 0 spiro atoms. The first-order valence-corrected chi connectivity index (χ1v) is 10.6. The van der Waals surface area contributed by atoms with Crippen molar-refractivity contribution in [1.82, 2.24) is 0 Å². The van der Waals surface area contributed by atoms with Crippen LogP contribution in [-0.2, 0) is 23.9 Å². The Bertz CT molecular complexity index is 739. The van der Waals surface area contributed by atoms with Crippen molar-refractivity contribution >= 4 is 28.8 Å². The molecule has 154 valence electrons. The highest BCUT2D eigenvalue weighted by Crippen LogP contribution is 2.41. The number of benzene rings is 1. The van der Waals surface area contributed by atoms with Crippen molar-refractivity contribution in [1.29, 1.82) is 0 Å². The summed E-state index contributed by atoms with van der Waals surface area (Å²) >= 11 is 0. The number of nitrogens with zero attached hydrogens (tertiary/aromatic N) is 1. The summed E-state index contributed by atoms with van der Waals surface area (Å²) in [6.45, 7) is 2.98. The summed E-state index contributed by atoms with van der Waals surface area (Å²) in [5.41, 5.74) is 1.78.